The standard InChI is InChI=1S/C15H25N3O2S/c1-10-13(6-7-20-10)18(2)15-17-12(9-19-3)14(21-15)8-16-11-4-5-11/h10-11,13,16H,4-9H2,1-3H3. The van der Waals surface area contributed by atoms with Gasteiger partial charge in [0.2, 0.25) is 0 Å². The molecule has 2 unspecified atom stereocenters. The highest BCUT2D eigenvalue weighted by molar-refractivity contribution is 7.15. The van der Waals surface area contributed by atoms with Crippen molar-refractivity contribution in [3.8, 4) is 0 Å². The van der Waals surface area contributed by atoms with Crippen LogP contribution in [0.2, 0.25) is 0 Å². The van der Waals surface area contributed by atoms with E-state index < -0.39 is 0 Å². The number of rotatable bonds is 7. The zero-order valence-corrected chi connectivity index (χ0v) is 13.9. The molecule has 0 bridgehead atoms. The number of thiazole rings is 1. The fourth-order valence-corrected chi connectivity index (χ4v) is 3.84. The summed E-state index contributed by atoms with van der Waals surface area (Å²) < 4.78 is 11.0. The molecular formula is C15H25N3O2S. The third-order valence-electron chi connectivity index (χ3n) is 4.31. The summed E-state index contributed by atoms with van der Waals surface area (Å²) in [7, 11) is 3.86. The zero-order chi connectivity index (χ0) is 14.8. The normalized spacial score (nSPS) is 25.5. The molecule has 3 rings (SSSR count). The molecule has 0 spiro atoms. The fourth-order valence-electron chi connectivity index (χ4n) is 2.80. The molecule has 21 heavy (non-hydrogen) atoms. The molecule has 2 atom stereocenters. The maximum atomic E-state index is 5.68. The molecule has 1 aromatic heterocycles. The molecule has 2 heterocycles. The van der Waals surface area contributed by atoms with Crippen LogP contribution >= 0.6 is 11.3 Å². The summed E-state index contributed by atoms with van der Waals surface area (Å²) in [6, 6.07) is 1.14. The highest BCUT2D eigenvalue weighted by atomic mass is 32.1. The van der Waals surface area contributed by atoms with E-state index in [1.807, 2.05) is 0 Å². The molecule has 2 aliphatic rings. The highest BCUT2D eigenvalue weighted by Crippen LogP contribution is 2.31. The number of anilines is 1. The second-order valence-electron chi connectivity index (χ2n) is 6.00. The Morgan fingerprint density at radius 2 is 2.24 bits per heavy atom. The molecule has 1 saturated carbocycles. The quantitative estimate of drug-likeness (QED) is 0.836. The lowest BCUT2D eigenvalue weighted by molar-refractivity contribution is 0.118. The van der Waals surface area contributed by atoms with Gasteiger partial charge >= 0.3 is 0 Å². The van der Waals surface area contributed by atoms with Gasteiger partial charge in [-0.3, -0.25) is 0 Å². The lowest BCUT2D eigenvalue weighted by Crippen LogP contribution is -2.36. The first-order valence-electron chi connectivity index (χ1n) is 7.74. The molecule has 0 radical (unpaired) electrons. The van der Waals surface area contributed by atoms with Crippen LogP contribution in [-0.4, -0.2) is 43.9 Å². The van der Waals surface area contributed by atoms with Crippen molar-refractivity contribution >= 4 is 16.5 Å². The number of nitrogens with zero attached hydrogens (tertiary/aromatic N) is 2. The van der Waals surface area contributed by atoms with Gasteiger partial charge in [-0.25, -0.2) is 4.98 Å². The molecule has 5 nitrogen and oxygen atoms in total. The predicted molar refractivity (Wildman–Crippen MR) is 84.9 cm³/mol. The number of ether oxygens (including phenoxy) is 2. The van der Waals surface area contributed by atoms with E-state index in [1.165, 1.54) is 17.7 Å². The second kappa shape index (κ2) is 6.60. The summed E-state index contributed by atoms with van der Waals surface area (Å²) in [5, 5.41) is 4.65. The summed E-state index contributed by atoms with van der Waals surface area (Å²) in [6.07, 6.45) is 3.97. The molecule has 1 N–H and O–H groups in total. The van der Waals surface area contributed by atoms with E-state index in [1.54, 1.807) is 18.4 Å². The Bertz CT molecular complexity index is 475. The van der Waals surface area contributed by atoms with Crippen molar-refractivity contribution in [1.82, 2.24) is 10.3 Å². The van der Waals surface area contributed by atoms with Crippen molar-refractivity contribution < 1.29 is 9.47 Å². The van der Waals surface area contributed by atoms with E-state index in [-0.39, 0.29) is 6.10 Å². The summed E-state index contributed by atoms with van der Waals surface area (Å²) >= 11 is 1.78. The van der Waals surface area contributed by atoms with E-state index in [4.69, 9.17) is 14.5 Å². The summed E-state index contributed by atoms with van der Waals surface area (Å²) in [6.45, 7) is 4.49. The van der Waals surface area contributed by atoms with Crippen LogP contribution in [0.3, 0.4) is 0 Å². The average molecular weight is 311 g/mol. The maximum Gasteiger partial charge on any atom is 0.185 e. The van der Waals surface area contributed by atoms with Gasteiger partial charge in [0, 0.05) is 38.2 Å². The molecule has 6 heteroatoms. The smallest absolute Gasteiger partial charge is 0.185 e. The highest BCUT2D eigenvalue weighted by Gasteiger charge is 2.30. The second-order valence-corrected chi connectivity index (χ2v) is 7.06. The lowest BCUT2D eigenvalue weighted by atomic mass is 10.1. The van der Waals surface area contributed by atoms with E-state index in [2.05, 4.69) is 24.2 Å². The van der Waals surface area contributed by atoms with Crippen LogP contribution in [0.25, 0.3) is 0 Å². The maximum absolute atomic E-state index is 5.68. The molecule has 1 aromatic rings. The van der Waals surface area contributed by atoms with Crippen LogP contribution < -0.4 is 10.2 Å². The lowest BCUT2D eigenvalue weighted by Gasteiger charge is -2.26. The first-order chi connectivity index (χ1) is 10.2. The largest absolute Gasteiger partial charge is 0.378 e. The van der Waals surface area contributed by atoms with Crippen molar-refractivity contribution in [3.05, 3.63) is 10.6 Å². The first kappa shape index (κ1) is 15.2. The molecule has 2 fully saturated rings. The van der Waals surface area contributed by atoms with Gasteiger partial charge in [0.15, 0.2) is 5.13 Å². The topological polar surface area (TPSA) is 46.6 Å². The van der Waals surface area contributed by atoms with Gasteiger partial charge in [-0.05, 0) is 26.2 Å². The van der Waals surface area contributed by atoms with Gasteiger partial charge in [-0.1, -0.05) is 0 Å². The van der Waals surface area contributed by atoms with Crippen LogP contribution in [0.15, 0.2) is 0 Å². The van der Waals surface area contributed by atoms with Crippen molar-refractivity contribution in [2.75, 3.05) is 25.7 Å². The molecule has 0 amide bonds. The van der Waals surface area contributed by atoms with Crippen molar-refractivity contribution in [2.24, 2.45) is 0 Å². The van der Waals surface area contributed by atoms with E-state index in [9.17, 15) is 0 Å². The number of likely N-dealkylation sites (N-methyl/N-ethyl adjacent to an activating group) is 1. The molecule has 1 aliphatic carbocycles. The Labute approximate surface area is 130 Å². The van der Waals surface area contributed by atoms with Gasteiger partial charge in [0.05, 0.1) is 24.4 Å². The number of hydrogen-bond donors (Lipinski definition) is 1. The Morgan fingerprint density at radius 3 is 2.86 bits per heavy atom. The van der Waals surface area contributed by atoms with Gasteiger partial charge in [0.1, 0.15) is 0 Å². The molecule has 118 valence electrons. The molecule has 1 saturated heterocycles. The van der Waals surface area contributed by atoms with Gasteiger partial charge in [-0.15, -0.1) is 11.3 Å². The number of nitrogens with one attached hydrogen (secondary N) is 1. The van der Waals surface area contributed by atoms with Crippen LogP contribution in [0.1, 0.15) is 36.8 Å². The Balaban J connectivity index is 1.72. The van der Waals surface area contributed by atoms with Crippen LogP contribution in [0.5, 0.6) is 0 Å². The molecular weight excluding hydrogens is 286 g/mol. The van der Waals surface area contributed by atoms with Gasteiger partial charge in [-0.2, -0.15) is 0 Å². The number of hydrogen-bond acceptors (Lipinski definition) is 6. The first-order valence-corrected chi connectivity index (χ1v) is 8.56. The monoisotopic (exact) mass is 311 g/mol. The number of aromatic nitrogens is 1. The molecule has 0 aromatic carbocycles. The third-order valence-corrected chi connectivity index (χ3v) is 5.50. The SMILES string of the molecule is COCc1nc(N(C)C2CCOC2C)sc1CNC1CC1. The third kappa shape index (κ3) is 3.56. The zero-order valence-electron chi connectivity index (χ0n) is 13.1. The summed E-state index contributed by atoms with van der Waals surface area (Å²) in [5.41, 5.74) is 1.07. The minimum absolute atomic E-state index is 0.276. The van der Waals surface area contributed by atoms with Crippen LogP contribution in [0, 0.1) is 0 Å². The average Bonchev–Trinajstić information content (AvgIpc) is 3.07. The van der Waals surface area contributed by atoms with E-state index >= 15 is 0 Å². The van der Waals surface area contributed by atoms with Crippen LogP contribution in [-0.2, 0) is 22.6 Å². The Morgan fingerprint density at radius 1 is 1.43 bits per heavy atom. The van der Waals surface area contributed by atoms with E-state index in [0.717, 1.165) is 30.4 Å². The fraction of sp³-hybridized carbons (Fsp3) is 0.800. The predicted octanol–water partition coefficient (Wildman–Crippen LogP) is 2.16. The minimum atomic E-state index is 0.276. The van der Waals surface area contributed by atoms with Crippen molar-refractivity contribution in [2.45, 2.75) is 57.5 Å². The van der Waals surface area contributed by atoms with Gasteiger partial charge in [0.25, 0.3) is 0 Å². The van der Waals surface area contributed by atoms with Gasteiger partial charge < -0.3 is 19.7 Å². The summed E-state index contributed by atoms with van der Waals surface area (Å²) in [4.78, 5) is 8.38. The molecule has 1 aliphatic heterocycles. The Hall–Kier alpha value is -0.690. The van der Waals surface area contributed by atoms with Crippen molar-refractivity contribution in [1.29, 1.82) is 0 Å². The summed E-state index contributed by atoms with van der Waals surface area (Å²) in [5.74, 6) is 0. The van der Waals surface area contributed by atoms with E-state index in [0.29, 0.717) is 18.7 Å². The van der Waals surface area contributed by atoms with Crippen LogP contribution in [0.4, 0.5) is 5.13 Å². The minimum Gasteiger partial charge on any atom is -0.378 e. The van der Waals surface area contributed by atoms with Crippen molar-refractivity contribution in [3.63, 3.8) is 0 Å². The Kier molecular flexibility index (Phi) is 4.78. The number of methoxy groups -OCH3 is 1.